The number of hydrogen-bond donors (Lipinski definition) is 3. The second-order valence-electron chi connectivity index (χ2n) is 7.88. The maximum Gasteiger partial charge on any atom is 0.210 e. The van der Waals surface area contributed by atoms with Gasteiger partial charge in [-0.1, -0.05) is 11.3 Å². The van der Waals surface area contributed by atoms with Gasteiger partial charge in [0.25, 0.3) is 0 Å². The first-order valence-corrected chi connectivity index (χ1v) is 11.1. The van der Waals surface area contributed by atoms with Gasteiger partial charge in [-0.2, -0.15) is 10.2 Å². The Kier molecular flexibility index (Phi) is 5.25. The van der Waals surface area contributed by atoms with Gasteiger partial charge >= 0.3 is 0 Å². The quantitative estimate of drug-likeness (QED) is 0.530. The lowest BCUT2D eigenvalue weighted by atomic mass is 9.97. The van der Waals surface area contributed by atoms with Crippen LogP contribution in [0.15, 0.2) is 24.7 Å². The number of nitrogens with zero attached hydrogens (tertiary/aromatic N) is 6. The average Bonchev–Trinajstić information content (AvgIpc) is 3.45. The molecule has 2 bridgehead atoms. The van der Waals surface area contributed by atoms with Gasteiger partial charge in [0.2, 0.25) is 5.95 Å². The Morgan fingerprint density at radius 2 is 2.10 bits per heavy atom. The molecule has 0 saturated carbocycles. The summed E-state index contributed by atoms with van der Waals surface area (Å²) in [6.45, 7) is 0.861. The lowest BCUT2D eigenvalue weighted by Crippen LogP contribution is -2.47. The van der Waals surface area contributed by atoms with Gasteiger partial charge in [0.05, 0.1) is 17.6 Å². The van der Waals surface area contributed by atoms with E-state index in [-0.39, 0.29) is 6.61 Å². The molecule has 10 heteroatoms. The van der Waals surface area contributed by atoms with Crippen molar-refractivity contribution in [1.29, 1.82) is 5.26 Å². The first-order chi connectivity index (χ1) is 14.7. The second-order valence-corrected chi connectivity index (χ2v) is 8.99. The van der Waals surface area contributed by atoms with Crippen LogP contribution in [0, 0.1) is 11.3 Å². The Balaban J connectivity index is 1.34. The Hall–Kier alpha value is -2.74. The average molecular weight is 425 g/mol. The Morgan fingerprint density at radius 3 is 2.83 bits per heavy atom. The summed E-state index contributed by atoms with van der Waals surface area (Å²) in [4.78, 5) is 16.8. The van der Waals surface area contributed by atoms with Crippen LogP contribution < -0.4 is 10.6 Å². The topological polar surface area (TPSA) is 114 Å². The van der Waals surface area contributed by atoms with Gasteiger partial charge in [-0.3, -0.25) is 9.30 Å². The number of aliphatic hydroxyl groups excluding tert-OH is 1. The van der Waals surface area contributed by atoms with Crippen LogP contribution in [0.1, 0.15) is 37.0 Å². The van der Waals surface area contributed by atoms with E-state index in [0.29, 0.717) is 35.5 Å². The van der Waals surface area contributed by atoms with Crippen molar-refractivity contribution in [2.75, 3.05) is 17.2 Å². The Morgan fingerprint density at radius 1 is 1.27 bits per heavy atom. The lowest BCUT2D eigenvalue weighted by Gasteiger charge is -2.39. The number of hydrogen-bond acceptors (Lipinski definition) is 9. The molecule has 3 N–H and O–H groups in total. The van der Waals surface area contributed by atoms with Crippen LogP contribution in [-0.2, 0) is 6.61 Å². The minimum absolute atomic E-state index is 0.0196. The van der Waals surface area contributed by atoms with Crippen molar-refractivity contribution in [3.8, 4) is 6.07 Å². The largest absolute Gasteiger partial charge is 0.391 e. The third-order valence-corrected chi connectivity index (χ3v) is 6.93. The monoisotopic (exact) mass is 424 g/mol. The first-order valence-electron chi connectivity index (χ1n) is 10.3. The molecule has 0 radical (unpaired) electrons. The van der Waals surface area contributed by atoms with Gasteiger partial charge in [-0.15, -0.1) is 0 Å². The molecule has 3 aromatic heterocycles. The first kappa shape index (κ1) is 19.2. The summed E-state index contributed by atoms with van der Waals surface area (Å²) in [7, 11) is 0. The summed E-state index contributed by atoms with van der Waals surface area (Å²) >= 11 is 1.40. The molecule has 0 amide bonds. The number of anilines is 3. The predicted molar refractivity (Wildman–Crippen MR) is 115 cm³/mol. The number of nitriles is 1. The fourth-order valence-electron chi connectivity index (χ4n) is 4.76. The molecule has 3 aromatic rings. The Labute approximate surface area is 178 Å². The molecule has 5 rings (SSSR count). The molecule has 2 aliphatic rings. The summed E-state index contributed by atoms with van der Waals surface area (Å²) in [5.41, 5.74) is 0.809. The minimum atomic E-state index is -0.0196. The van der Waals surface area contributed by atoms with E-state index in [1.807, 2.05) is 16.7 Å². The van der Waals surface area contributed by atoms with E-state index in [9.17, 15) is 5.11 Å². The van der Waals surface area contributed by atoms with Crippen LogP contribution >= 0.6 is 11.3 Å². The molecule has 30 heavy (non-hydrogen) atoms. The number of thiazole rings is 1. The van der Waals surface area contributed by atoms with E-state index in [1.165, 1.54) is 24.2 Å². The van der Waals surface area contributed by atoms with E-state index >= 15 is 0 Å². The molecule has 0 aromatic carbocycles. The van der Waals surface area contributed by atoms with Crippen LogP contribution in [0.25, 0.3) is 5.65 Å². The van der Waals surface area contributed by atoms with Crippen LogP contribution in [0.2, 0.25) is 0 Å². The van der Waals surface area contributed by atoms with E-state index in [0.717, 1.165) is 35.9 Å². The molecule has 1 unspecified atom stereocenters. The van der Waals surface area contributed by atoms with Crippen molar-refractivity contribution in [2.24, 2.45) is 0 Å². The van der Waals surface area contributed by atoms with Crippen molar-refractivity contribution in [1.82, 2.24) is 24.3 Å². The highest BCUT2D eigenvalue weighted by Crippen LogP contribution is 2.37. The van der Waals surface area contributed by atoms with Crippen LogP contribution in [-0.4, -0.2) is 54.0 Å². The van der Waals surface area contributed by atoms with E-state index in [4.69, 9.17) is 10.2 Å². The lowest BCUT2D eigenvalue weighted by molar-refractivity contribution is 0.135. The van der Waals surface area contributed by atoms with Gasteiger partial charge in [0.1, 0.15) is 11.5 Å². The molecular formula is C20H24N8OS. The molecule has 2 fully saturated rings. The molecule has 0 aliphatic carbocycles. The highest BCUT2D eigenvalue weighted by molar-refractivity contribution is 7.15. The van der Waals surface area contributed by atoms with E-state index in [1.54, 1.807) is 12.4 Å². The number of imidazole rings is 1. The van der Waals surface area contributed by atoms with Gasteiger partial charge < -0.3 is 15.7 Å². The molecular weight excluding hydrogens is 400 g/mol. The molecule has 2 saturated heterocycles. The van der Waals surface area contributed by atoms with Crippen molar-refractivity contribution < 1.29 is 5.11 Å². The number of aromatic nitrogens is 4. The van der Waals surface area contributed by atoms with Crippen molar-refractivity contribution in [3.63, 3.8) is 0 Å². The normalized spacial score (nSPS) is 23.5. The molecule has 156 valence electrons. The number of nitrogens with one attached hydrogen (secondary N) is 2. The predicted octanol–water partition coefficient (Wildman–Crippen LogP) is 2.74. The summed E-state index contributed by atoms with van der Waals surface area (Å²) in [5, 5.41) is 25.8. The maximum absolute atomic E-state index is 9.26. The zero-order valence-electron chi connectivity index (χ0n) is 16.5. The maximum atomic E-state index is 9.26. The van der Waals surface area contributed by atoms with Gasteiger partial charge in [-0.25, -0.2) is 9.97 Å². The SMILES string of the molecule is N#CCCN1C2CC[C@H]1C[C@H](Nc1nc(Nc3ncc(CO)s3)cc3nccn13)C2. The molecule has 5 heterocycles. The molecule has 0 spiro atoms. The number of aliphatic hydroxyl groups is 1. The van der Waals surface area contributed by atoms with E-state index in [2.05, 4.69) is 31.6 Å². The minimum Gasteiger partial charge on any atom is -0.391 e. The zero-order valence-corrected chi connectivity index (χ0v) is 17.3. The number of rotatable bonds is 7. The summed E-state index contributed by atoms with van der Waals surface area (Å²) in [6.07, 6.45) is 10.5. The van der Waals surface area contributed by atoms with Crippen molar-refractivity contribution >= 4 is 33.9 Å². The van der Waals surface area contributed by atoms with Crippen molar-refractivity contribution in [3.05, 3.63) is 29.5 Å². The van der Waals surface area contributed by atoms with E-state index < -0.39 is 0 Å². The summed E-state index contributed by atoms with van der Waals surface area (Å²) < 4.78 is 1.97. The number of fused-ring (bicyclic) bond motifs is 3. The highest BCUT2D eigenvalue weighted by Gasteiger charge is 2.40. The second kappa shape index (κ2) is 8.18. The fourth-order valence-corrected chi connectivity index (χ4v) is 5.44. The smallest absolute Gasteiger partial charge is 0.210 e. The third kappa shape index (κ3) is 3.71. The highest BCUT2D eigenvalue weighted by atomic mass is 32.1. The van der Waals surface area contributed by atoms with Gasteiger partial charge in [-0.05, 0) is 25.7 Å². The Bertz CT molecular complexity index is 1060. The van der Waals surface area contributed by atoms with Crippen molar-refractivity contribution in [2.45, 2.75) is 56.8 Å². The van der Waals surface area contributed by atoms with Crippen LogP contribution in [0.5, 0.6) is 0 Å². The third-order valence-electron chi connectivity index (χ3n) is 6.03. The molecule has 2 aliphatic heterocycles. The summed E-state index contributed by atoms with van der Waals surface area (Å²) in [6, 6.07) is 5.60. The van der Waals surface area contributed by atoms with Crippen LogP contribution in [0.4, 0.5) is 16.9 Å². The van der Waals surface area contributed by atoms with Crippen LogP contribution in [0.3, 0.4) is 0 Å². The zero-order chi connectivity index (χ0) is 20.5. The van der Waals surface area contributed by atoms with Gasteiger partial charge in [0, 0.05) is 55.7 Å². The number of piperidine rings is 1. The van der Waals surface area contributed by atoms with Gasteiger partial charge in [0.15, 0.2) is 5.13 Å². The molecule has 3 atom stereocenters. The summed E-state index contributed by atoms with van der Waals surface area (Å²) in [5.74, 6) is 1.44. The standard InChI is InChI=1S/C20H24N8OS/c21-4-1-6-27-14-2-3-15(27)9-13(8-14)24-19-25-17(10-18-22-5-7-28(18)19)26-20-23-11-16(12-29)30-20/h5,7,10-11,13-15,29H,1-3,6,8-9,12H2,(H,23,26)(H,24,25)/t13-,14-,15?/m0/s1. The fraction of sp³-hybridized carbons (Fsp3) is 0.500. The molecule has 9 nitrogen and oxygen atoms in total.